The number of carbonyl (C=O) groups excluding carboxylic acids is 3. The van der Waals surface area contributed by atoms with Gasteiger partial charge in [0, 0.05) is 38.8 Å². The van der Waals surface area contributed by atoms with E-state index < -0.39 is 0 Å². The van der Waals surface area contributed by atoms with Crippen LogP contribution in [0.15, 0.2) is 30.5 Å². The van der Waals surface area contributed by atoms with Gasteiger partial charge in [-0.1, -0.05) is 11.6 Å². The number of hydrogen-bond acceptors (Lipinski definition) is 5. The van der Waals surface area contributed by atoms with Crippen molar-refractivity contribution in [3.05, 3.63) is 52.3 Å². The molecule has 4 rings (SSSR count). The summed E-state index contributed by atoms with van der Waals surface area (Å²) in [6.45, 7) is 3.92. The van der Waals surface area contributed by atoms with Crippen molar-refractivity contribution in [3.63, 3.8) is 0 Å². The molecular weight excluding hydrogens is 380 g/mol. The number of piperazine rings is 1. The first-order chi connectivity index (χ1) is 13.4. The summed E-state index contributed by atoms with van der Waals surface area (Å²) in [5.74, 6) is -0.282. The summed E-state index contributed by atoms with van der Waals surface area (Å²) in [5, 5.41) is 3.08. The molecular formula is C20H19ClN4O3. The third-order valence-electron chi connectivity index (χ3n) is 5.09. The van der Waals surface area contributed by atoms with E-state index in [-0.39, 0.29) is 24.0 Å². The Bertz CT molecular complexity index is 966. The maximum absolute atomic E-state index is 12.9. The summed E-state index contributed by atoms with van der Waals surface area (Å²) in [6, 6.07) is 6.96. The molecule has 0 spiro atoms. The van der Waals surface area contributed by atoms with Gasteiger partial charge >= 0.3 is 0 Å². The van der Waals surface area contributed by atoms with Crippen molar-refractivity contribution in [2.75, 3.05) is 36.4 Å². The lowest BCUT2D eigenvalue weighted by Gasteiger charge is -2.36. The topological polar surface area (TPSA) is 82.6 Å². The molecule has 3 heterocycles. The first-order valence-corrected chi connectivity index (χ1v) is 9.43. The van der Waals surface area contributed by atoms with E-state index >= 15 is 0 Å². The number of amides is 2. The Balaban J connectivity index is 1.44. The molecule has 7 nitrogen and oxygen atoms in total. The second-order valence-corrected chi connectivity index (χ2v) is 7.36. The average Bonchev–Trinajstić information content (AvgIpc) is 3.06. The summed E-state index contributed by atoms with van der Waals surface area (Å²) >= 11 is 6.29. The van der Waals surface area contributed by atoms with Crippen molar-refractivity contribution in [1.29, 1.82) is 0 Å². The maximum Gasteiger partial charge on any atom is 0.255 e. The van der Waals surface area contributed by atoms with E-state index in [0.29, 0.717) is 48.1 Å². The average molecular weight is 399 g/mol. The number of fused-ring (bicyclic) bond motifs is 1. The second-order valence-electron chi connectivity index (χ2n) is 6.95. The van der Waals surface area contributed by atoms with Crippen LogP contribution in [0.25, 0.3) is 0 Å². The molecule has 1 N–H and O–H groups in total. The van der Waals surface area contributed by atoms with Gasteiger partial charge in [-0.15, -0.1) is 0 Å². The van der Waals surface area contributed by atoms with Crippen LogP contribution in [0, 0.1) is 0 Å². The van der Waals surface area contributed by atoms with Crippen LogP contribution in [-0.2, 0) is 11.2 Å². The number of rotatable bonds is 3. The molecule has 2 aliphatic rings. The van der Waals surface area contributed by atoms with Gasteiger partial charge in [0.2, 0.25) is 5.91 Å². The molecule has 0 unspecified atom stereocenters. The summed E-state index contributed by atoms with van der Waals surface area (Å²) in [5.41, 5.74) is 3.28. The smallest absolute Gasteiger partial charge is 0.255 e. The number of carbonyl (C=O) groups is 3. The largest absolute Gasteiger partial charge is 0.367 e. The van der Waals surface area contributed by atoms with Crippen molar-refractivity contribution in [3.8, 4) is 0 Å². The van der Waals surface area contributed by atoms with Gasteiger partial charge in [0.25, 0.3) is 5.91 Å². The number of nitrogens with zero attached hydrogens (tertiary/aromatic N) is 3. The predicted molar refractivity (Wildman–Crippen MR) is 106 cm³/mol. The minimum Gasteiger partial charge on any atom is -0.367 e. The van der Waals surface area contributed by atoms with Crippen LogP contribution in [0.1, 0.15) is 33.3 Å². The highest BCUT2D eigenvalue weighted by Crippen LogP contribution is 2.30. The lowest BCUT2D eigenvalue weighted by molar-refractivity contribution is -0.115. The molecule has 1 fully saturated rings. The quantitative estimate of drug-likeness (QED) is 0.803. The Morgan fingerprint density at radius 1 is 1.14 bits per heavy atom. The molecule has 0 atom stereocenters. The lowest BCUT2D eigenvalue weighted by atomic mass is 10.1. The van der Waals surface area contributed by atoms with Gasteiger partial charge in [0.15, 0.2) is 5.78 Å². The number of halogens is 1. The van der Waals surface area contributed by atoms with E-state index in [1.807, 2.05) is 6.07 Å². The highest BCUT2D eigenvalue weighted by molar-refractivity contribution is 6.34. The zero-order chi connectivity index (χ0) is 19.8. The maximum atomic E-state index is 12.9. The van der Waals surface area contributed by atoms with Crippen molar-refractivity contribution >= 4 is 40.6 Å². The lowest BCUT2D eigenvalue weighted by Crippen LogP contribution is -2.48. The third kappa shape index (κ3) is 3.45. The summed E-state index contributed by atoms with van der Waals surface area (Å²) in [7, 11) is 0. The van der Waals surface area contributed by atoms with Gasteiger partial charge in [-0.2, -0.15) is 0 Å². The predicted octanol–water partition coefficient (Wildman–Crippen LogP) is 2.39. The fraction of sp³-hybridized carbons (Fsp3) is 0.300. The number of nitrogens with one attached hydrogen (secondary N) is 1. The first-order valence-electron chi connectivity index (χ1n) is 9.06. The Hall–Kier alpha value is -2.93. The molecule has 2 amide bonds. The minimum absolute atomic E-state index is 0.0647. The van der Waals surface area contributed by atoms with Crippen LogP contribution in [0.3, 0.4) is 0 Å². The fourth-order valence-electron chi connectivity index (χ4n) is 3.53. The summed E-state index contributed by atoms with van der Waals surface area (Å²) in [6.07, 6.45) is 1.96. The van der Waals surface area contributed by atoms with Crippen LogP contribution in [-0.4, -0.2) is 53.7 Å². The molecule has 0 radical (unpaired) electrons. The Morgan fingerprint density at radius 2 is 1.89 bits per heavy atom. The van der Waals surface area contributed by atoms with E-state index in [1.165, 1.54) is 6.92 Å². The summed E-state index contributed by atoms with van der Waals surface area (Å²) in [4.78, 5) is 43.9. The van der Waals surface area contributed by atoms with Crippen LogP contribution in [0.4, 0.5) is 11.4 Å². The standard InChI is InChI=1S/C20H19ClN4O3/c1-12(26)17-3-2-14(11-22-17)24-4-6-25(7-5-24)20(28)15-8-13-9-19(27)23-18(13)10-16(15)21/h2-3,8,10-11H,4-7,9H2,1H3,(H,23,27). The van der Waals surface area contributed by atoms with Crippen LogP contribution in [0.5, 0.6) is 0 Å². The molecule has 0 saturated carbocycles. The molecule has 0 aliphatic carbocycles. The number of anilines is 2. The number of benzene rings is 1. The van der Waals surface area contributed by atoms with Crippen molar-refractivity contribution in [2.45, 2.75) is 13.3 Å². The van der Waals surface area contributed by atoms with Gasteiger partial charge < -0.3 is 15.1 Å². The van der Waals surface area contributed by atoms with Crippen molar-refractivity contribution in [1.82, 2.24) is 9.88 Å². The molecule has 1 aromatic heterocycles. The zero-order valence-corrected chi connectivity index (χ0v) is 16.1. The highest BCUT2D eigenvalue weighted by Gasteiger charge is 2.27. The van der Waals surface area contributed by atoms with Gasteiger partial charge in [-0.3, -0.25) is 19.4 Å². The van der Waals surface area contributed by atoms with E-state index in [2.05, 4.69) is 15.2 Å². The minimum atomic E-state index is -0.128. The van der Waals surface area contributed by atoms with Gasteiger partial charge in [0.05, 0.1) is 28.9 Å². The van der Waals surface area contributed by atoms with E-state index in [0.717, 1.165) is 11.3 Å². The Morgan fingerprint density at radius 3 is 2.54 bits per heavy atom. The van der Waals surface area contributed by atoms with E-state index in [4.69, 9.17) is 11.6 Å². The number of Topliss-reactive ketones (excluding diaryl/α,β-unsaturated/α-hetero) is 1. The Kier molecular flexibility index (Phi) is 4.77. The molecule has 144 valence electrons. The van der Waals surface area contributed by atoms with Crippen LogP contribution >= 0.6 is 11.6 Å². The monoisotopic (exact) mass is 398 g/mol. The van der Waals surface area contributed by atoms with Gasteiger partial charge in [-0.25, -0.2) is 0 Å². The summed E-state index contributed by atoms with van der Waals surface area (Å²) < 4.78 is 0. The number of ketones is 1. The van der Waals surface area contributed by atoms with Crippen LogP contribution in [0.2, 0.25) is 5.02 Å². The zero-order valence-electron chi connectivity index (χ0n) is 15.4. The SMILES string of the molecule is CC(=O)c1ccc(N2CCN(C(=O)c3cc4c(cc3Cl)NC(=O)C4)CC2)cn1. The molecule has 1 aromatic carbocycles. The third-order valence-corrected chi connectivity index (χ3v) is 5.40. The molecule has 2 aliphatic heterocycles. The second kappa shape index (κ2) is 7.24. The molecule has 8 heteroatoms. The van der Waals surface area contributed by atoms with Gasteiger partial charge in [0.1, 0.15) is 5.69 Å². The highest BCUT2D eigenvalue weighted by atomic mass is 35.5. The molecule has 0 bridgehead atoms. The van der Waals surface area contributed by atoms with Crippen molar-refractivity contribution < 1.29 is 14.4 Å². The van der Waals surface area contributed by atoms with E-state index in [9.17, 15) is 14.4 Å². The Labute approximate surface area is 167 Å². The van der Waals surface area contributed by atoms with Gasteiger partial charge in [-0.05, 0) is 29.8 Å². The number of aromatic nitrogens is 1. The fourth-order valence-corrected chi connectivity index (χ4v) is 3.78. The normalized spacial score (nSPS) is 16.0. The van der Waals surface area contributed by atoms with E-state index in [1.54, 1.807) is 29.3 Å². The van der Waals surface area contributed by atoms with Crippen molar-refractivity contribution in [2.24, 2.45) is 0 Å². The molecule has 2 aromatic rings. The first kappa shape index (κ1) is 18.4. The molecule has 28 heavy (non-hydrogen) atoms. The number of hydrogen-bond donors (Lipinski definition) is 1. The van der Waals surface area contributed by atoms with Crippen LogP contribution < -0.4 is 10.2 Å². The molecule has 1 saturated heterocycles. The number of pyridine rings is 1.